The zero-order valence-corrected chi connectivity index (χ0v) is 10.2. The van der Waals surface area contributed by atoms with E-state index in [0.717, 1.165) is 5.69 Å². The molecule has 0 fully saturated rings. The maximum absolute atomic E-state index is 13.8. The van der Waals surface area contributed by atoms with E-state index in [1.165, 1.54) is 6.07 Å². The number of halogens is 1. The first-order chi connectivity index (χ1) is 9.33. The maximum Gasteiger partial charge on any atom is 0.231 e. The summed E-state index contributed by atoms with van der Waals surface area (Å²) in [5.74, 6) is 0.724. The highest BCUT2D eigenvalue weighted by molar-refractivity contribution is 5.45. The molecule has 0 bridgehead atoms. The predicted octanol–water partition coefficient (Wildman–Crippen LogP) is 2.67. The SMILES string of the molecule is Fc1cc2c(cc1CNNc1ccccc1)OCO2. The fourth-order valence-corrected chi connectivity index (χ4v) is 1.86. The summed E-state index contributed by atoms with van der Waals surface area (Å²) in [5.41, 5.74) is 7.40. The largest absolute Gasteiger partial charge is 0.454 e. The van der Waals surface area contributed by atoms with Crippen LogP contribution in [0.4, 0.5) is 10.1 Å². The minimum absolute atomic E-state index is 0.147. The number of para-hydroxylation sites is 1. The molecule has 1 heterocycles. The van der Waals surface area contributed by atoms with Gasteiger partial charge in [-0.25, -0.2) is 9.82 Å². The van der Waals surface area contributed by atoms with Gasteiger partial charge in [0.2, 0.25) is 6.79 Å². The molecule has 4 nitrogen and oxygen atoms in total. The third-order valence-corrected chi connectivity index (χ3v) is 2.83. The third-order valence-electron chi connectivity index (χ3n) is 2.83. The number of benzene rings is 2. The van der Waals surface area contributed by atoms with Crippen LogP contribution in [0.15, 0.2) is 42.5 Å². The minimum Gasteiger partial charge on any atom is -0.454 e. The van der Waals surface area contributed by atoms with Crippen molar-refractivity contribution in [1.29, 1.82) is 0 Å². The second-order valence-electron chi connectivity index (χ2n) is 4.14. The van der Waals surface area contributed by atoms with Crippen LogP contribution in [0, 0.1) is 5.82 Å². The molecule has 0 saturated carbocycles. The van der Waals surface area contributed by atoms with Gasteiger partial charge in [-0.1, -0.05) is 18.2 Å². The molecule has 0 radical (unpaired) electrons. The van der Waals surface area contributed by atoms with Crippen molar-refractivity contribution in [2.75, 3.05) is 12.2 Å². The minimum atomic E-state index is -0.313. The Labute approximate surface area is 110 Å². The lowest BCUT2D eigenvalue weighted by molar-refractivity contribution is 0.174. The lowest BCUT2D eigenvalue weighted by atomic mass is 10.2. The van der Waals surface area contributed by atoms with E-state index < -0.39 is 0 Å². The van der Waals surface area contributed by atoms with E-state index in [1.807, 2.05) is 30.3 Å². The van der Waals surface area contributed by atoms with Crippen LogP contribution in [0.25, 0.3) is 0 Å². The molecule has 1 aliphatic rings. The molecule has 0 spiro atoms. The van der Waals surface area contributed by atoms with E-state index in [0.29, 0.717) is 23.6 Å². The highest BCUT2D eigenvalue weighted by Gasteiger charge is 2.16. The molecule has 98 valence electrons. The van der Waals surface area contributed by atoms with Crippen LogP contribution in [0.1, 0.15) is 5.56 Å². The van der Waals surface area contributed by atoms with Gasteiger partial charge in [0.25, 0.3) is 0 Å². The highest BCUT2D eigenvalue weighted by atomic mass is 19.1. The molecule has 0 amide bonds. The smallest absolute Gasteiger partial charge is 0.231 e. The highest BCUT2D eigenvalue weighted by Crippen LogP contribution is 2.34. The van der Waals surface area contributed by atoms with Crippen molar-refractivity contribution in [1.82, 2.24) is 5.43 Å². The van der Waals surface area contributed by atoms with Gasteiger partial charge in [0.15, 0.2) is 11.5 Å². The first-order valence-corrected chi connectivity index (χ1v) is 5.95. The normalized spacial score (nSPS) is 12.5. The molecule has 19 heavy (non-hydrogen) atoms. The summed E-state index contributed by atoms with van der Waals surface area (Å²) < 4.78 is 24.1. The predicted molar refractivity (Wildman–Crippen MR) is 69.4 cm³/mol. The Bertz CT molecular complexity index is 575. The quantitative estimate of drug-likeness (QED) is 0.829. The third kappa shape index (κ3) is 2.61. The summed E-state index contributed by atoms with van der Waals surface area (Å²) in [6.07, 6.45) is 0. The lowest BCUT2D eigenvalue weighted by Crippen LogP contribution is -2.21. The summed E-state index contributed by atoms with van der Waals surface area (Å²) in [6, 6.07) is 12.6. The molecule has 2 aromatic rings. The van der Waals surface area contributed by atoms with Crippen molar-refractivity contribution in [3.8, 4) is 11.5 Å². The molecule has 5 heteroatoms. The Hall–Kier alpha value is -2.27. The molecular formula is C14H13FN2O2. The fraction of sp³-hybridized carbons (Fsp3) is 0.143. The van der Waals surface area contributed by atoms with E-state index in [9.17, 15) is 4.39 Å². The van der Waals surface area contributed by atoms with Gasteiger partial charge in [-0.15, -0.1) is 0 Å². The van der Waals surface area contributed by atoms with Gasteiger partial charge in [-0.2, -0.15) is 0 Å². The first kappa shape index (κ1) is 11.8. The molecule has 0 saturated heterocycles. The molecule has 3 rings (SSSR count). The Kier molecular flexibility index (Phi) is 3.20. The molecular weight excluding hydrogens is 247 g/mol. The van der Waals surface area contributed by atoms with Crippen LogP contribution in [-0.4, -0.2) is 6.79 Å². The fourth-order valence-electron chi connectivity index (χ4n) is 1.86. The number of fused-ring (bicyclic) bond motifs is 1. The van der Waals surface area contributed by atoms with Gasteiger partial charge in [0.1, 0.15) is 5.82 Å². The zero-order chi connectivity index (χ0) is 13.1. The topological polar surface area (TPSA) is 42.5 Å². The Morgan fingerprint density at radius 2 is 1.79 bits per heavy atom. The van der Waals surface area contributed by atoms with E-state index in [2.05, 4.69) is 10.9 Å². The van der Waals surface area contributed by atoms with Crippen molar-refractivity contribution < 1.29 is 13.9 Å². The van der Waals surface area contributed by atoms with Gasteiger partial charge in [-0.05, 0) is 18.2 Å². The average Bonchev–Trinajstić information content (AvgIpc) is 2.87. The molecule has 1 aliphatic heterocycles. The van der Waals surface area contributed by atoms with Crippen LogP contribution in [0.3, 0.4) is 0 Å². The van der Waals surface area contributed by atoms with Crippen LogP contribution >= 0.6 is 0 Å². The zero-order valence-electron chi connectivity index (χ0n) is 10.2. The van der Waals surface area contributed by atoms with E-state index >= 15 is 0 Å². The van der Waals surface area contributed by atoms with Crippen molar-refractivity contribution in [2.24, 2.45) is 0 Å². The average molecular weight is 260 g/mol. The van der Waals surface area contributed by atoms with Gasteiger partial charge >= 0.3 is 0 Å². The Morgan fingerprint density at radius 1 is 1.05 bits per heavy atom. The molecule has 2 aromatic carbocycles. The first-order valence-electron chi connectivity index (χ1n) is 5.95. The van der Waals surface area contributed by atoms with Gasteiger partial charge in [0, 0.05) is 23.9 Å². The maximum atomic E-state index is 13.8. The summed E-state index contributed by atoms with van der Waals surface area (Å²) in [4.78, 5) is 0. The number of ether oxygens (including phenoxy) is 2. The monoisotopic (exact) mass is 260 g/mol. The molecule has 0 aliphatic carbocycles. The Balaban J connectivity index is 1.64. The van der Waals surface area contributed by atoms with Crippen molar-refractivity contribution in [3.63, 3.8) is 0 Å². The van der Waals surface area contributed by atoms with E-state index in [1.54, 1.807) is 6.07 Å². The number of nitrogens with one attached hydrogen (secondary N) is 2. The van der Waals surface area contributed by atoms with Crippen molar-refractivity contribution in [2.45, 2.75) is 6.54 Å². The molecule has 0 aromatic heterocycles. The number of hydrogen-bond donors (Lipinski definition) is 2. The molecule has 2 N–H and O–H groups in total. The lowest BCUT2D eigenvalue weighted by Gasteiger charge is -2.09. The number of hydrogen-bond acceptors (Lipinski definition) is 4. The van der Waals surface area contributed by atoms with Crippen LogP contribution in [0.5, 0.6) is 11.5 Å². The number of rotatable bonds is 4. The number of hydrazine groups is 1. The summed E-state index contributed by atoms with van der Waals surface area (Å²) >= 11 is 0. The van der Waals surface area contributed by atoms with Crippen LogP contribution in [-0.2, 0) is 6.54 Å². The second kappa shape index (κ2) is 5.16. The van der Waals surface area contributed by atoms with Crippen molar-refractivity contribution in [3.05, 3.63) is 53.8 Å². The van der Waals surface area contributed by atoms with Crippen LogP contribution in [0.2, 0.25) is 0 Å². The van der Waals surface area contributed by atoms with E-state index in [-0.39, 0.29) is 12.6 Å². The van der Waals surface area contributed by atoms with E-state index in [4.69, 9.17) is 9.47 Å². The van der Waals surface area contributed by atoms with Gasteiger partial charge < -0.3 is 14.9 Å². The van der Waals surface area contributed by atoms with Crippen molar-refractivity contribution >= 4 is 5.69 Å². The van der Waals surface area contributed by atoms with Gasteiger partial charge in [-0.3, -0.25) is 0 Å². The van der Waals surface area contributed by atoms with Gasteiger partial charge in [0.05, 0.1) is 0 Å². The second-order valence-corrected chi connectivity index (χ2v) is 4.14. The summed E-state index contributed by atoms with van der Waals surface area (Å²) in [5, 5.41) is 0. The molecule has 0 unspecified atom stereocenters. The standard InChI is InChI=1S/C14H13FN2O2/c15-12-7-14-13(18-9-19-14)6-10(12)8-16-17-11-4-2-1-3-5-11/h1-7,16-17H,8-9H2. The summed E-state index contributed by atoms with van der Waals surface area (Å²) in [6.45, 7) is 0.491. The van der Waals surface area contributed by atoms with Crippen LogP contribution < -0.4 is 20.3 Å². The molecule has 0 atom stereocenters. The number of anilines is 1. The Morgan fingerprint density at radius 3 is 2.58 bits per heavy atom. The summed E-state index contributed by atoms with van der Waals surface area (Å²) in [7, 11) is 0.